The zero-order chi connectivity index (χ0) is 11.4. The zero-order valence-corrected chi connectivity index (χ0v) is 10.4. The minimum Gasteiger partial charge on any atom is -0.305 e. The van der Waals surface area contributed by atoms with Crippen molar-refractivity contribution in [2.24, 2.45) is 7.05 Å². The van der Waals surface area contributed by atoms with Gasteiger partial charge in [-0.15, -0.1) is 10.2 Å². The molecule has 84 valence electrons. The number of hydrogen-bond acceptors (Lipinski definition) is 3. The summed E-state index contributed by atoms with van der Waals surface area (Å²) in [4.78, 5) is 0. The van der Waals surface area contributed by atoms with Gasteiger partial charge in [0.25, 0.3) is 0 Å². The Bertz CT molecular complexity index is 451. The van der Waals surface area contributed by atoms with E-state index in [1.807, 2.05) is 25.2 Å². The summed E-state index contributed by atoms with van der Waals surface area (Å²) in [6.45, 7) is 2.17. The van der Waals surface area contributed by atoms with Gasteiger partial charge in [-0.1, -0.05) is 49.0 Å². The largest absolute Gasteiger partial charge is 0.305 e. The van der Waals surface area contributed by atoms with Crippen LogP contribution in [0.2, 0.25) is 0 Å². The van der Waals surface area contributed by atoms with Gasteiger partial charge in [0.05, 0.1) is 0 Å². The summed E-state index contributed by atoms with van der Waals surface area (Å²) < 4.78 is 2.05. The van der Waals surface area contributed by atoms with Crippen molar-refractivity contribution in [2.75, 3.05) is 5.75 Å². The monoisotopic (exact) mass is 233 g/mol. The fraction of sp³-hybridized carbons (Fsp3) is 0.333. The molecule has 16 heavy (non-hydrogen) atoms. The average molecular weight is 233 g/mol. The van der Waals surface area contributed by atoms with Crippen molar-refractivity contribution in [1.29, 1.82) is 0 Å². The molecule has 0 aliphatic rings. The predicted octanol–water partition coefficient (Wildman–Crippen LogP) is 2.98. The number of thioether (sulfide) groups is 1. The molecule has 0 radical (unpaired) electrons. The van der Waals surface area contributed by atoms with E-state index in [0.29, 0.717) is 0 Å². The van der Waals surface area contributed by atoms with Gasteiger partial charge in [0.1, 0.15) is 0 Å². The molecular weight excluding hydrogens is 218 g/mol. The molecule has 4 heteroatoms. The molecule has 0 saturated heterocycles. The van der Waals surface area contributed by atoms with Crippen LogP contribution in [-0.2, 0) is 7.05 Å². The molecule has 0 bridgehead atoms. The van der Waals surface area contributed by atoms with Crippen LogP contribution in [0.4, 0.5) is 0 Å². The smallest absolute Gasteiger partial charge is 0.191 e. The Balaban J connectivity index is 2.27. The topological polar surface area (TPSA) is 30.7 Å². The van der Waals surface area contributed by atoms with Crippen molar-refractivity contribution >= 4 is 11.8 Å². The molecule has 0 fully saturated rings. The molecule has 0 amide bonds. The zero-order valence-electron chi connectivity index (χ0n) is 9.55. The molecule has 2 rings (SSSR count). The lowest BCUT2D eigenvalue weighted by molar-refractivity contribution is 0.793. The van der Waals surface area contributed by atoms with Gasteiger partial charge >= 0.3 is 0 Å². The summed E-state index contributed by atoms with van der Waals surface area (Å²) in [6, 6.07) is 10.1. The summed E-state index contributed by atoms with van der Waals surface area (Å²) in [6.07, 6.45) is 1.15. The molecule has 0 aliphatic carbocycles. The number of hydrogen-bond donors (Lipinski definition) is 0. The van der Waals surface area contributed by atoms with Crippen LogP contribution in [0, 0.1) is 0 Å². The van der Waals surface area contributed by atoms with Gasteiger partial charge in [-0.25, -0.2) is 0 Å². The molecule has 0 unspecified atom stereocenters. The molecule has 1 aromatic carbocycles. The highest BCUT2D eigenvalue weighted by Crippen LogP contribution is 2.22. The normalized spacial score (nSPS) is 10.6. The van der Waals surface area contributed by atoms with Crippen molar-refractivity contribution in [2.45, 2.75) is 18.5 Å². The summed E-state index contributed by atoms with van der Waals surface area (Å²) in [7, 11) is 2.01. The van der Waals surface area contributed by atoms with Crippen LogP contribution in [0.3, 0.4) is 0 Å². The molecular formula is C12H15N3S. The maximum atomic E-state index is 4.23. The molecule has 2 aromatic rings. The molecule has 0 aliphatic heterocycles. The molecule has 0 saturated carbocycles. The van der Waals surface area contributed by atoms with Crippen molar-refractivity contribution in [3.05, 3.63) is 30.3 Å². The number of benzene rings is 1. The number of aromatic nitrogens is 3. The molecule has 3 nitrogen and oxygen atoms in total. The average Bonchev–Trinajstić information content (AvgIpc) is 2.69. The fourth-order valence-corrected chi connectivity index (χ4v) is 2.24. The van der Waals surface area contributed by atoms with Crippen LogP contribution in [0.25, 0.3) is 11.4 Å². The van der Waals surface area contributed by atoms with Gasteiger partial charge in [-0.3, -0.25) is 0 Å². The lowest BCUT2D eigenvalue weighted by Crippen LogP contribution is -1.94. The first-order valence-electron chi connectivity index (χ1n) is 5.40. The van der Waals surface area contributed by atoms with Crippen LogP contribution in [-0.4, -0.2) is 20.5 Å². The van der Waals surface area contributed by atoms with E-state index >= 15 is 0 Å². The molecule has 0 spiro atoms. The van der Waals surface area contributed by atoms with Gasteiger partial charge in [-0.2, -0.15) is 0 Å². The van der Waals surface area contributed by atoms with E-state index in [2.05, 4.69) is 33.8 Å². The summed E-state index contributed by atoms with van der Waals surface area (Å²) in [5, 5.41) is 9.42. The summed E-state index contributed by atoms with van der Waals surface area (Å²) >= 11 is 1.75. The third-order valence-electron chi connectivity index (χ3n) is 2.30. The minimum absolute atomic E-state index is 0.930. The summed E-state index contributed by atoms with van der Waals surface area (Å²) in [5.41, 5.74) is 1.11. The van der Waals surface area contributed by atoms with Crippen molar-refractivity contribution in [3.8, 4) is 11.4 Å². The Labute approximate surface area is 99.9 Å². The van der Waals surface area contributed by atoms with E-state index in [-0.39, 0.29) is 0 Å². The Kier molecular flexibility index (Phi) is 3.62. The quantitative estimate of drug-likeness (QED) is 0.761. The van der Waals surface area contributed by atoms with Gasteiger partial charge in [0, 0.05) is 18.4 Å². The Morgan fingerprint density at radius 2 is 1.94 bits per heavy atom. The van der Waals surface area contributed by atoms with Gasteiger partial charge in [-0.05, 0) is 6.42 Å². The van der Waals surface area contributed by atoms with Gasteiger partial charge in [0.15, 0.2) is 11.0 Å². The SMILES string of the molecule is CCCSc1nnc(-c2ccccc2)n1C. The maximum Gasteiger partial charge on any atom is 0.191 e. The first-order chi connectivity index (χ1) is 7.83. The number of nitrogens with zero attached hydrogens (tertiary/aromatic N) is 3. The fourth-order valence-electron chi connectivity index (χ4n) is 1.47. The first kappa shape index (κ1) is 11.2. The Morgan fingerprint density at radius 1 is 1.19 bits per heavy atom. The van der Waals surface area contributed by atoms with E-state index in [9.17, 15) is 0 Å². The van der Waals surface area contributed by atoms with E-state index in [1.165, 1.54) is 0 Å². The molecule has 0 N–H and O–H groups in total. The third-order valence-corrected chi connectivity index (χ3v) is 3.53. The van der Waals surface area contributed by atoms with Crippen LogP contribution >= 0.6 is 11.8 Å². The van der Waals surface area contributed by atoms with Crippen molar-refractivity contribution in [3.63, 3.8) is 0 Å². The third kappa shape index (κ3) is 2.27. The van der Waals surface area contributed by atoms with E-state index < -0.39 is 0 Å². The van der Waals surface area contributed by atoms with Gasteiger partial charge in [0.2, 0.25) is 0 Å². The van der Waals surface area contributed by atoms with Crippen LogP contribution in [0.15, 0.2) is 35.5 Å². The highest BCUT2D eigenvalue weighted by molar-refractivity contribution is 7.99. The summed E-state index contributed by atoms with van der Waals surface area (Å²) in [5.74, 6) is 2.01. The lowest BCUT2D eigenvalue weighted by Gasteiger charge is -2.02. The minimum atomic E-state index is 0.930. The van der Waals surface area contributed by atoms with E-state index in [0.717, 1.165) is 28.7 Å². The highest BCUT2D eigenvalue weighted by atomic mass is 32.2. The standard InChI is InChI=1S/C12H15N3S/c1-3-9-16-12-14-13-11(15(12)2)10-7-5-4-6-8-10/h4-8H,3,9H2,1-2H3. The number of rotatable bonds is 4. The van der Waals surface area contributed by atoms with Crippen LogP contribution in [0.1, 0.15) is 13.3 Å². The van der Waals surface area contributed by atoms with Gasteiger partial charge < -0.3 is 4.57 Å². The molecule has 0 atom stereocenters. The Hall–Kier alpha value is -1.29. The van der Waals surface area contributed by atoms with Crippen molar-refractivity contribution < 1.29 is 0 Å². The maximum absolute atomic E-state index is 4.23. The second kappa shape index (κ2) is 5.16. The van der Waals surface area contributed by atoms with E-state index in [4.69, 9.17) is 0 Å². The van der Waals surface area contributed by atoms with Crippen molar-refractivity contribution in [1.82, 2.24) is 14.8 Å². The molecule has 1 heterocycles. The predicted molar refractivity (Wildman–Crippen MR) is 67.5 cm³/mol. The second-order valence-corrected chi connectivity index (χ2v) is 4.64. The lowest BCUT2D eigenvalue weighted by atomic mass is 10.2. The highest BCUT2D eigenvalue weighted by Gasteiger charge is 2.09. The molecule has 1 aromatic heterocycles. The first-order valence-corrected chi connectivity index (χ1v) is 6.39. The van der Waals surface area contributed by atoms with Crippen LogP contribution in [0.5, 0.6) is 0 Å². The van der Waals surface area contributed by atoms with E-state index in [1.54, 1.807) is 11.8 Å². The second-order valence-electron chi connectivity index (χ2n) is 3.58. The Morgan fingerprint density at radius 3 is 2.62 bits per heavy atom. The van der Waals surface area contributed by atoms with Crippen LogP contribution < -0.4 is 0 Å².